The van der Waals surface area contributed by atoms with Crippen LogP contribution in [0.4, 0.5) is 0 Å². The summed E-state index contributed by atoms with van der Waals surface area (Å²) in [6, 6.07) is 15.7. The molecule has 0 aliphatic carbocycles. The van der Waals surface area contributed by atoms with E-state index in [-0.39, 0.29) is 11.9 Å². The molecule has 6 heteroatoms. The van der Waals surface area contributed by atoms with E-state index >= 15 is 0 Å². The number of hydrogen-bond acceptors (Lipinski definition) is 4. The maximum absolute atomic E-state index is 12.5. The average molecular weight is 374 g/mol. The second-order valence-corrected chi connectivity index (χ2v) is 6.81. The Morgan fingerprint density at radius 2 is 2.15 bits per heavy atom. The van der Waals surface area contributed by atoms with Gasteiger partial charge in [0.05, 0.1) is 13.7 Å². The number of hydrogen-bond donors (Lipinski definition) is 2. The highest BCUT2D eigenvalue weighted by molar-refractivity contribution is 6.30. The molecule has 2 aromatic carbocycles. The van der Waals surface area contributed by atoms with E-state index in [0.29, 0.717) is 13.1 Å². The van der Waals surface area contributed by atoms with Gasteiger partial charge in [-0.05, 0) is 35.4 Å². The molecule has 1 saturated heterocycles. The Balaban J connectivity index is 1.59. The molecule has 5 nitrogen and oxygen atoms in total. The molecular weight excluding hydrogens is 350 g/mol. The van der Waals surface area contributed by atoms with Crippen LogP contribution in [0.2, 0.25) is 5.02 Å². The van der Waals surface area contributed by atoms with E-state index < -0.39 is 0 Å². The topological polar surface area (TPSA) is 53.6 Å². The third-order valence-corrected chi connectivity index (χ3v) is 4.79. The van der Waals surface area contributed by atoms with Crippen molar-refractivity contribution in [1.82, 2.24) is 15.5 Å². The highest BCUT2D eigenvalue weighted by Crippen LogP contribution is 2.24. The summed E-state index contributed by atoms with van der Waals surface area (Å²) >= 11 is 6.13. The Hall–Kier alpha value is -2.08. The molecule has 1 atom stereocenters. The molecule has 1 fully saturated rings. The fourth-order valence-corrected chi connectivity index (χ4v) is 3.40. The number of ether oxygens (including phenoxy) is 1. The highest BCUT2D eigenvalue weighted by atomic mass is 35.5. The first kappa shape index (κ1) is 18.7. The Kier molecular flexibility index (Phi) is 6.50. The maximum atomic E-state index is 12.5. The monoisotopic (exact) mass is 373 g/mol. The van der Waals surface area contributed by atoms with Crippen LogP contribution in [0.25, 0.3) is 0 Å². The summed E-state index contributed by atoms with van der Waals surface area (Å²) in [4.78, 5) is 14.6. The largest absolute Gasteiger partial charge is 0.497 e. The van der Waals surface area contributed by atoms with Gasteiger partial charge >= 0.3 is 0 Å². The molecule has 26 heavy (non-hydrogen) atoms. The van der Waals surface area contributed by atoms with Crippen molar-refractivity contribution in [3.8, 4) is 5.75 Å². The van der Waals surface area contributed by atoms with Crippen molar-refractivity contribution in [2.45, 2.75) is 12.6 Å². The van der Waals surface area contributed by atoms with E-state index in [9.17, 15) is 4.79 Å². The number of carbonyl (C=O) groups is 1. The SMILES string of the molecule is COc1cccc(CNC(=O)CN2CCNCC2c2cccc(Cl)c2)c1. The van der Waals surface area contributed by atoms with Crippen LogP contribution >= 0.6 is 11.6 Å². The lowest BCUT2D eigenvalue weighted by atomic mass is 10.0. The Labute approximate surface area is 159 Å². The van der Waals surface area contributed by atoms with Crippen LogP contribution in [0.3, 0.4) is 0 Å². The summed E-state index contributed by atoms with van der Waals surface area (Å²) in [6.07, 6.45) is 0. The van der Waals surface area contributed by atoms with Gasteiger partial charge in [0, 0.05) is 37.2 Å². The van der Waals surface area contributed by atoms with Crippen molar-refractivity contribution in [2.75, 3.05) is 33.3 Å². The number of piperazine rings is 1. The molecule has 1 unspecified atom stereocenters. The number of methoxy groups -OCH3 is 1. The minimum Gasteiger partial charge on any atom is -0.497 e. The van der Waals surface area contributed by atoms with Gasteiger partial charge in [0.15, 0.2) is 0 Å². The summed E-state index contributed by atoms with van der Waals surface area (Å²) < 4.78 is 5.22. The highest BCUT2D eigenvalue weighted by Gasteiger charge is 2.25. The van der Waals surface area contributed by atoms with Gasteiger partial charge in [-0.25, -0.2) is 0 Å². The molecule has 138 valence electrons. The van der Waals surface area contributed by atoms with E-state index in [2.05, 4.69) is 21.6 Å². The zero-order valence-electron chi connectivity index (χ0n) is 14.9. The van der Waals surface area contributed by atoms with E-state index in [0.717, 1.165) is 41.5 Å². The van der Waals surface area contributed by atoms with Crippen molar-refractivity contribution in [2.24, 2.45) is 0 Å². The van der Waals surface area contributed by atoms with E-state index in [1.54, 1.807) is 7.11 Å². The van der Waals surface area contributed by atoms with E-state index in [4.69, 9.17) is 16.3 Å². The molecule has 1 heterocycles. The predicted octanol–water partition coefficient (Wildman–Crippen LogP) is 2.61. The number of benzene rings is 2. The molecule has 3 rings (SSSR count). The van der Waals surface area contributed by atoms with Gasteiger partial charge < -0.3 is 15.4 Å². The molecule has 2 aromatic rings. The van der Waals surface area contributed by atoms with Crippen LogP contribution in [0, 0.1) is 0 Å². The minimum atomic E-state index is 0.0155. The fraction of sp³-hybridized carbons (Fsp3) is 0.350. The first-order valence-corrected chi connectivity index (χ1v) is 9.13. The number of rotatable bonds is 6. The van der Waals surface area contributed by atoms with E-state index in [1.165, 1.54) is 0 Å². The summed E-state index contributed by atoms with van der Waals surface area (Å²) in [5.41, 5.74) is 2.15. The van der Waals surface area contributed by atoms with Gasteiger partial charge in [-0.3, -0.25) is 9.69 Å². The zero-order valence-corrected chi connectivity index (χ0v) is 15.6. The first-order valence-electron chi connectivity index (χ1n) is 8.75. The standard InChI is InChI=1S/C20H24ClN3O2/c1-26-18-7-2-4-15(10-18)12-23-20(25)14-24-9-8-22-13-19(24)16-5-3-6-17(21)11-16/h2-7,10-11,19,22H,8-9,12-14H2,1H3,(H,23,25). The van der Waals surface area contributed by atoms with Crippen LogP contribution in [-0.2, 0) is 11.3 Å². The van der Waals surface area contributed by atoms with Gasteiger partial charge in [-0.1, -0.05) is 35.9 Å². The Morgan fingerprint density at radius 1 is 1.31 bits per heavy atom. The number of halogens is 1. The first-order chi connectivity index (χ1) is 12.7. The van der Waals surface area contributed by atoms with Crippen molar-refractivity contribution < 1.29 is 9.53 Å². The molecule has 1 aliphatic heterocycles. The van der Waals surface area contributed by atoms with Crippen LogP contribution in [0.1, 0.15) is 17.2 Å². The lowest BCUT2D eigenvalue weighted by Gasteiger charge is -2.36. The molecule has 2 N–H and O–H groups in total. The van der Waals surface area contributed by atoms with Gasteiger partial charge in [0.1, 0.15) is 5.75 Å². The quantitative estimate of drug-likeness (QED) is 0.817. The third-order valence-electron chi connectivity index (χ3n) is 4.56. The minimum absolute atomic E-state index is 0.0155. The van der Waals surface area contributed by atoms with Crippen LogP contribution in [0.5, 0.6) is 5.75 Å². The molecule has 0 bridgehead atoms. The summed E-state index contributed by atoms with van der Waals surface area (Å²) in [5.74, 6) is 0.807. The van der Waals surface area contributed by atoms with Crippen molar-refractivity contribution in [3.63, 3.8) is 0 Å². The lowest BCUT2D eigenvalue weighted by Crippen LogP contribution is -2.49. The van der Waals surface area contributed by atoms with Gasteiger partial charge in [0.2, 0.25) is 5.91 Å². The fourth-order valence-electron chi connectivity index (χ4n) is 3.20. The summed E-state index contributed by atoms with van der Waals surface area (Å²) in [6.45, 7) is 3.36. The molecule has 0 saturated carbocycles. The smallest absolute Gasteiger partial charge is 0.234 e. The van der Waals surface area contributed by atoms with Gasteiger partial charge in [0.25, 0.3) is 0 Å². The number of nitrogens with zero attached hydrogens (tertiary/aromatic N) is 1. The van der Waals surface area contributed by atoms with Crippen molar-refractivity contribution >= 4 is 17.5 Å². The zero-order chi connectivity index (χ0) is 18.4. The van der Waals surface area contributed by atoms with Crippen molar-refractivity contribution in [3.05, 3.63) is 64.7 Å². The normalized spacial score (nSPS) is 17.7. The Bertz CT molecular complexity index is 753. The second-order valence-electron chi connectivity index (χ2n) is 6.37. The number of nitrogens with one attached hydrogen (secondary N) is 2. The molecule has 1 aliphatic rings. The lowest BCUT2D eigenvalue weighted by molar-refractivity contribution is -0.123. The van der Waals surface area contributed by atoms with E-state index in [1.807, 2.05) is 42.5 Å². The van der Waals surface area contributed by atoms with Crippen LogP contribution < -0.4 is 15.4 Å². The van der Waals surface area contributed by atoms with Gasteiger partial charge in [-0.2, -0.15) is 0 Å². The average Bonchev–Trinajstić information content (AvgIpc) is 2.67. The molecule has 0 aromatic heterocycles. The molecule has 0 radical (unpaired) electrons. The molecule has 1 amide bonds. The maximum Gasteiger partial charge on any atom is 0.234 e. The molecular formula is C20H24ClN3O2. The second kappa shape index (κ2) is 9.03. The third kappa shape index (κ3) is 4.97. The predicted molar refractivity (Wildman–Crippen MR) is 103 cm³/mol. The van der Waals surface area contributed by atoms with Crippen LogP contribution in [-0.4, -0.2) is 44.1 Å². The van der Waals surface area contributed by atoms with Crippen LogP contribution in [0.15, 0.2) is 48.5 Å². The van der Waals surface area contributed by atoms with Crippen molar-refractivity contribution in [1.29, 1.82) is 0 Å². The Morgan fingerprint density at radius 3 is 2.96 bits per heavy atom. The number of amides is 1. The van der Waals surface area contributed by atoms with Gasteiger partial charge in [-0.15, -0.1) is 0 Å². The molecule has 0 spiro atoms. The summed E-state index contributed by atoms with van der Waals surface area (Å²) in [5, 5.41) is 7.11. The summed E-state index contributed by atoms with van der Waals surface area (Å²) in [7, 11) is 1.64. The number of carbonyl (C=O) groups excluding carboxylic acids is 1.